The molecule has 0 saturated carbocycles. The number of benzene rings is 2. The number of aromatic nitrogens is 2. The largest absolute Gasteiger partial charge is 0.345 e. The van der Waals surface area contributed by atoms with Gasteiger partial charge in [0.05, 0.1) is 18.5 Å². The first-order valence-electron chi connectivity index (χ1n) is 8.66. The zero-order valence-corrected chi connectivity index (χ0v) is 17.3. The fourth-order valence-corrected chi connectivity index (χ4v) is 4.04. The van der Waals surface area contributed by atoms with Crippen molar-refractivity contribution in [3.63, 3.8) is 0 Å². The van der Waals surface area contributed by atoms with Crippen LogP contribution in [0.2, 0.25) is 5.02 Å². The van der Waals surface area contributed by atoms with E-state index in [-0.39, 0.29) is 12.4 Å². The third-order valence-electron chi connectivity index (χ3n) is 4.08. The number of hydrogen-bond donors (Lipinski definition) is 1. The third-order valence-corrected chi connectivity index (χ3v) is 5.58. The quantitative estimate of drug-likeness (QED) is 0.613. The highest BCUT2D eigenvalue weighted by atomic mass is 35.5. The van der Waals surface area contributed by atoms with Crippen molar-refractivity contribution in [3.8, 4) is 11.4 Å². The van der Waals surface area contributed by atoms with E-state index >= 15 is 0 Å². The summed E-state index contributed by atoms with van der Waals surface area (Å²) in [6.07, 6.45) is 1.06. The van der Waals surface area contributed by atoms with Gasteiger partial charge in [-0.25, -0.2) is 8.42 Å². The Bertz CT molecular complexity index is 1080. The third kappa shape index (κ3) is 5.12. The van der Waals surface area contributed by atoms with E-state index < -0.39 is 22.0 Å². The van der Waals surface area contributed by atoms with E-state index in [0.717, 1.165) is 16.1 Å². The predicted octanol–water partition coefficient (Wildman–Crippen LogP) is 2.86. The summed E-state index contributed by atoms with van der Waals surface area (Å²) in [5, 5.41) is 7.10. The maximum Gasteiger partial charge on any atom is 0.246 e. The second-order valence-corrected chi connectivity index (χ2v) is 8.60. The van der Waals surface area contributed by atoms with Gasteiger partial charge in [-0.1, -0.05) is 35.0 Å². The summed E-state index contributed by atoms with van der Waals surface area (Å²) in [5.74, 6) is 0.0626. The molecule has 1 amide bonds. The van der Waals surface area contributed by atoms with Gasteiger partial charge in [0, 0.05) is 10.6 Å². The van der Waals surface area contributed by atoms with Crippen LogP contribution in [0, 0.1) is 0 Å². The van der Waals surface area contributed by atoms with Crippen LogP contribution < -0.4 is 9.62 Å². The van der Waals surface area contributed by atoms with Crippen LogP contribution in [0.25, 0.3) is 11.4 Å². The molecule has 10 heteroatoms. The van der Waals surface area contributed by atoms with Gasteiger partial charge in [-0.2, -0.15) is 4.98 Å². The van der Waals surface area contributed by atoms with Gasteiger partial charge in [-0.3, -0.25) is 9.10 Å². The van der Waals surface area contributed by atoms with Gasteiger partial charge in [0.1, 0.15) is 6.04 Å². The molecule has 3 aromatic rings. The van der Waals surface area contributed by atoms with Crippen LogP contribution in [0.1, 0.15) is 12.8 Å². The van der Waals surface area contributed by atoms with Gasteiger partial charge in [-0.15, -0.1) is 0 Å². The highest BCUT2D eigenvalue weighted by Crippen LogP contribution is 2.21. The summed E-state index contributed by atoms with van der Waals surface area (Å²) in [4.78, 5) is 16.8. The molecule has 1 N–H and O–H groups in total. The van der Waals surface area contributed by atoms with Gasteiger partial charge in [0.15, 0.2) is 0 Å². The number of sulfonamides is 1. The molecule has 0 aliphatic carbocycles. The summed E-state index contributed by atoms with van der Waals surface area (Å²) in [6, 6.07) is 14.4. The van der Waals surface area contributed by atoms with Gasteiger partial charge >= 0.3 is 0 Å². The Morgan fingerprint density at radius 1 is 1.17 bits per heavy atom. The van der Waals surface area contributed by atoms with Gasteiger partial charge in [-0.05, 0) is 43.3 Å². The number of carbonyl (C=O) groups excluding carboxylic acids is 1. The summed E-state index contributed by atoms with van der Waals surface area (Å²) in [5.41, 5.74) is 1.12. The molecule has 0 spiro atoms. The summed E-state index contributed by atoms with van der Waals surface area (Å²) in [7, 11) is -3.67. The standard InChI is InChI=1S/C19H19ClN4O4S/c1-13(24(29(2,26)27)16-6-4-3-5-7-16)19(25)21-12-17-22-18(23-28-17)14-8-10-15(20)11-9-14/h3-11,13H,12H2,1-2H3,(H,21,25). The summed E-state index contributed by atoms with van der Waals surface area (Å²) >= 11 is 5.86. The number of anilines is 1. The Hall–Kier alpha value is -2.91. The van der Waals surface area contributed by atoms with E-state index in [1.54, 1.807) is 54.6 Å². The molecule has 1 atom stereocenters. The summed E-state index contributed by atoms with van der Waals surface area (Å²) < 4.78 is 30.7. The lowest BCUT2D eigenvalue weighted by Gasteiger charge is -2.28. The Balaban J connectivity index is 1.69. The van der Waals surface area contributed by atoms with Crippen LogP contribution >= 0.6 is 11.6 Å². The zero-order chi connectivity index (χ0) is 21.0. The topological polar surface area (TPSA) is 105 Å². The number of nitrogens with one attached hydrogen (secondary N) is 1. The number of halogens is 1. The molecule has 0 aliphatic heterocycles. The molecule has 3 rings (SSSR count). The Kier molecular flexibility index (Phi) is 6.19. The molecule has 0 fully saturated rings. The van der Waals surface area contributed by atoms with E-state index in [0.29, 0.717) is 16.5 Å². The van der Waals surface area contributed by atoms with Crippen molar-refractivity contribution >= 4 is 33.2 Å². The normalized spacial score (nSPS) is 12.4. The number of para-hydroxylation sites is 1. The second-order valence-electron chi connectivity index (χ2n) is 6.31. The molecule has 0 saturated heterocycles. The molecular formula is C19H19ClN4O4S. The van der Waals surface area contributed by atoms with Gasteiger partial charge < -0.3 is 9.84 Å². The first-order chi connectivity index (χ1) is 13.8. The van der Waals surface area contributed by atoms with Crippen LogP contribution in [0.3, 0.4) is 0 Å². The molecular weight excluding hydrogens is 416 g/mol. The lowest BCUT2D eigenvalue weighted by Crippen LogP contribution is -2.47. The van der Waals surface area contributed by atoms with E-state index in [1.165, 1.54) is 6.92 Å². The van der Waals surface area contributed by atoms with E-state index in [9.17, 15) is 13.2 Å². The molecule has 29 heavy (non-hydrogen) atoms. The molecule has 1 heterocycles. The SMILES string of the molecule is CC(C(=O)NCc1nc(-c2ccc(Cl)cc2)no1)N(c1ccccc1)S(C)(=O)=O. The predicted molar refractivity (Wildman–Crippen MR) is 110 cm³/mol. The van der Waals surface area contributed by atoms with Crippen LogP contribution in [0.15, 0.2) is 59.1 Å². The number of rotatable bonds is 7. The van der Waals surface area contributed by atoms with Crippen LogP contribution in [-0.2, 0) is 21.4 Å². The van der Waals surface area contributed by atoms with Gasteiger partial charge in [0.2, 0.25) is 27.6 Å². The van der Waals surface area contributed by atoms with Gasteiger partial charge in [0.25, 0.3) is 0 Å². The first-order valence-corrected chi connectivity index (χ1v) is 10.9. The fourth-order valence-electron chi connectivity index (χ4n) is 2.74. The van der Waals surface area contributed by atoms with E-state index in [2.05, 4.69) is 15.5 Å². The summed E-state index contributed by atoms with van der Waals surface area (Å²) in [6.45, 7) is 1.48. The minimum atomic E-state index is -3.67. The Morgan fingerprint density at radius 3 is 2.45 bits per heavy atom. The number of hydrogen-bond acceptors (Lipinski definition) is 6. The van der Waals surface area contributed by atoms with Crippen molar-refractivity contribution < 1.29 is 17.7 Å². The average Bonchev–Trinajstić information content (AvgIpc) is 3.15. The first kappa shape index (κ1) is 20.8. The maximum absolute atomic E-state index is 12.6. The van der Waals surface area contributed by atoms with Crippen LogP contribution in [0.5, 0.6) is 0 Å². The lowest BCUT2D eigenvalue weighted by atomic mass is 10.2. The molecule has 0 bridgehead atoms. The van der Waals surface area contributed by atoms with Crippen molar-refractivity contribution in [3.05, 3.63) is 65.5 Å². The number of carbonyl (C=O) groups is 1. The molecule has 1 aromatic heterocycles. The second kappa shape index (κ2) is 8.62. The number of amides is 1. The minimum Gasteiger partial charge on any atom is -0.345 e. The molecule has 1 unspecified atom stereocenters. The smallest absolute Gasteiger partial charge is 0.246 e. The molecule has 0 radical (unpaired) electrons. The minimum absolute atomic E-state index is 0.0316. The highest BCUT2D eigenvalue weighted by Gasteiger charge is 2.29. The van der Waals surface area contributed by atoms with Crippen molar-refractivity contribution in [1.82, 2.24) is 15.5 Å². The van der Waals surface area contributed by atoms with Crippen molar-refractivity contribution in [2.24, 2.45) is 0 Å². The maximum atomic E-state index is 12.6. The molecule has 152 valence electrons. The zero-order valence-electron chi connectivity index (χ0n) is 15.7. The molecule has 2 aromatic carbocycles. The average molecular weight is 435 g/mol. The monoisotopic (exact) mass is 434 g/mol. The van der Waals surface area contributed by atoms with Crippen molar-refractivity contribution in [1.29, 1.82) is 0 Å². The molecule has 0 aliphatic rings. The van der Waals surface area contributed by atoms with Crippen molar-refractivity contribution in [2.75, 3.05) is 10.6 Å². The Labute approximate surface area is 173 Å². The fraction of sp³-hybridized carbons (Fsp3) is 0.211. The van der Waals surface area contributed by atoms with Crippen LogP contribution in [0.4, 0.5) is 5.69 Å². The van der Waals surface area contributed by atoms with E-state index in [1.807, 2.05) is 0 Å². The van der Waals surface area contributed by atoms with Crippen molar-refractivity contribution in [2.45, 2.75) is 19.5 Å². The van der Waals surface area contributed by atoms with E-state index in [4.69, 9.17) is 16.1 Å². The lowest BCUT2D eigenvalue weighted by molar-refractivity contribution is -0.122. The molecule has 8 nitrogen and oxygen atoms in total. The van der Waals surface area contributed by atoms with Crippen LogP contribution in [-0.4, -0.2) is 36.8 Å². The Morgan fingerprint density at radius 2 is 1.83 bits per heavy atom. The number of nitrogens with zero attached hydrogens (tertiary/aromatic N) is 3. The highest BCUT2D eigenvalue weighted by molar-refractivity contribution is 7.92.